The summed E-state index contributed by atoms with van der Waals surface area (Å²) in [6, 6.07) is 24.2. The van der Waals surface area contributed by atoms with Crippen LogP contribution in [0.25, 0.3) is 47.7 Å². The van der Waals surface area contributed by atoms with Crippen LogP contribution in [0.2, 0.25) is 0 Å². The van der Waals surface area contributed by atoms with Crippen LogP contribution in [-0.4, -0.2) is 12.6 Å². The first kappa shape index (κ1) is 46.5. The van der Waals surface area contributed by atoms with Gasteiger partial charge in [0.15, 0.2) is 12.6 Å². The fourth-order valence-corrected chi connectivity index (χ4v) is 20.4. The molecule has 6 aromatic heterocycles. The van der Waals surface area contributed by atoms with E-state index in [9.17, 15) is 9.59 Å². The summed E-state index contributed by atoms with van der Waals surface area (Å²) in [5, 5.41) is 0. The number of fused-ring (bicyclic) bond motifs is 13. The highest BCUT2D eigenvalue weighted by Gasteiger charge is 2.54. The smallest absolute Gasteiger partial charge is 0.160 e. The fraction of sp³-hybridized carbons (Fsp3) is 0.448. The molecule has 2 unspecified atom stereocenters. The van der Waals surface area contributed by atoms with Crippen molar-refractivity contribution in [1.29, 1.82) is 0 Å². The molecule has 10 rings (SSSR count). The molecule has 2 nitrogen and oxygen atoms in total. The van der Waals surface area contributed by atoms with Crippen LogP contribution in [-0.2, 0) is 23.7 Å². The molecular weight excluding hydrogens is 921 g/mol. The molecule has 0 aliphatic heterocycles. The maximum atomic E-state index is 12.4. The molecule has 0 saturated heterocycles. The topological polar surface area (TPSA) is 34.1 Å². The van der Waals surface area contributed by atoms with Gasteiger partial charge in [-0.1, -0.05) is 166 Å². The minimum absolute atomic E-state index is 0.306. The number of hydrogen-bond acceptors (Lipinski definition) is 8. The first-order chi connectivity index (χ1) is 32.4. The number of thiophene rings is 6. The van der Waals surface area contributed by atoms with Gasteiger partial charge in [-0.15, -0.1) is 68.0 Å². The first-order valence-electron chi connectivity index (χ1n) is 25.3. The average molecular weight is 986 g/mol. The van der Waals surface area contributed by atoms with E-state index < -0.39 is 0 Å². The molecule has 0 N–H and O–H groups in total. The van der Waals surface area contributed by atoms with E-state index in [2.05, 4.69) is 111 Å². The normalized spacial score (nSPS) is 17.3. The van der Waals surface area contributed by atoms with Crippen LogP contribution < -0.4 is 0 Å². The van der Waals surface area contributed by atoms with Crippen LogP contribution in [0.1, 0.15) is 207 Å². The van der Waals surface area contributed by atoms with E-state index in [-0.39, 0.29) is 10.8 Å². The molecule has 344 valence electrons. The van der Waals surface area contributed by atoms with Gasteiger partial charge in [-0.3, -0.25) is 9.59 Å². The van der Waals surface area contributed by atoms with Gasteiger partial charge >= 0.3 is 0 Å². The molecule has 0 saturated carbocycles. The molecule has 0 fully saturated rings. The summed E-state index contributed by atoms with van der Waals surface area (Å²) >= 11 is 11.5. The molecule has 2 aliphatic carbocycles. The van der Waals surface area contributed by atoms with Crippen molar-refractivity contribution in [3.63, 3.8) is 0 Å². The number of carbonyl (C=O) groups excluding carboxylic acids is 2. The van der Waals surface area contributed by atoms with Crippen molar-refractivity contribution < 1.29 is 9.59 Å². The lowest BCUT2D eigenvalue weighted by Gasteiger charge is -2.33. The number of aldehydes is 2. The van der Waals surface area contributed by atoms with E-state index in [4.69, 9.17) is 0 Å². The summed E-state index contributed by atoms with van der Waals surface area (Å²) in [5.74, 6) is 0. The van der Waals surface area contributed by atoms with Crippen molar-refractivity contribution in [2.24, 2.45) is 0 Å². The minimum atomic E-state index is -0.306. The van der Waals surface area contributed by atoms with Crippen molar-refractivity contribution in [3.8, 4) is 19.5 Å². The van der Waals surface area contributed by atoms with Crippen molar-refractivity contribution >= 4 is 109 Å². The Hall–Kier alpha value is -3.24. The van der Waals surface area contributed by atoms with E-state index in [0.29, 0.717) is 0 Å². The SMILES string of the molecule is CCCCCCc1ccc(C2(CCCCCC)c3c(sc4cc(C=O)sc34)-c3sc4c5c(sc4c32)-c2sc3cc(C=O)sc3c2C5(CCCCCC)c2ccc(CCCCCC)cc2)cc1. The Morgan fingerprint density at radius 1 is 0.394 bits per heavy atom. The van der Waals surface area contributed by atoms with Crippen molar-refractivity contribution in [2.45, 2.75) is 167 Å². The number of rotatable bonds is 24. The zero-order chi connectivity index (χ0) is 45.4. The van der Waals surface area contributed by atoms with Gasteiger partial charge in [-0.2, -0.15) is 0 Å². The number of benzene rings is 2. The third-order valence-corrected chi connectivity index (χ3v) is 22.5. The molecule has 8 heteroatoms. The molecule has 0 spiro atoms. The Balaban J connectivity index is 1.22. The van der Waals surface area contributed by atoms with Gasteiger partial charge in [0, 0.05) is 31.7 Å². The lowest BCUT2D eigenvalue weighted by Crippen LogP contribution is -2.27. The minimum Gasteiger partial charge on any atom is -0.297 e. The van der Waals surface area contributed by atoms with Crippen molar-refractivity contribution in [1.82, 2.24) is 0 Å². The van der Waals surface area contributed by atoms with Crippen LogP contribution in [0.5, 0.6) is 0 Å². The van der Waals surface area contributed by atoms with Crippen LogP contribution >= 0.6 is 68.0 Å². The summed E-state index contributed by atoms with van der Waals surface area (Å²) in [5.41, 5.74) is 11.2. The Labute approximate surface area is 416 Å². The third kappa shape index (κ3) is 7.80. The van der Waals surface area contributed by atoms with Gasteiger partial charge in [0.25, 0.3) is 0 Å². The van der Waals surface area contributed by atoms with Crippen LogP contribution in [0.3, 0.4) is 0 Å². The largest absolute Gasteiger partial charge is 0.297 e. The highest BCUT2D eigenvalue weighted by atomic mass is 32.1. The first-order valence-corrected chi connectivity index (χ1v) is 30.2. The molecule has 66 heavy (non-hydrogen) atoms. The monoisotopic (exact) mass is 984 g/mol. The molecule has 8 aromatic rings. The maximum absolute atomic E-state index is 12.4. The van der Waals surface area contributed by atoms with E-state index in [1.54, 1.807) is 33.8 Å². The van der Waals surface area contributed by atoms with Gasteiger partial charge < -0.3 is 0 Å². The molecule has 6 heterocycles. The number of hydrogen-bond donors (Lipinski definition) is 0. The zero-order valence-electron chi connectivity index (χ0n) is 39.3. The van der Waals surface area contributed by atoms with Crippen LogP contribution in [0.4, 0.5) is 0 Å². The van der Waals surface area contributed by atoms with E-state index in [0.717, 1.165) is 60.9 Å². The van der Waals surface area contributed by atoms with Gasteiger partial charge in [-0.05, 0) is 72.9 Å². The van der Waals surface area contributed by atoms with Gasteiger partial charge in [-0.25, -0.2) is 0 Å². The summed E-state index contributed by atoms with van der Waals surface area (Å²) < 4.78 is 8.15. The van der Waals surface area contributed by atoms with Crippen LogP contribution in [0, 0.1) is 0 Å². The highest BCUT2D eigenvalue weighted by molar-refractivity contribution is 7.37. The predicted octanol–water partition coefficient (Wildman–Crippen LogP) is 20.0. The quantitative estimate of drug-likeness (QED) is 0.0447. The highest BCUT2D eigenvalue weighted by Crippen LogP contribution is 2.71. The lowest BCUT2D eigenvalue weighted by atomic mass is 9.68. The van der Waals surface area contributed by atoms with E-state index in [1.807, 2.05) is 22.7 Å². The zero-order valence-corrected chi connectivity index (χ0v) is 44.2. The Morgan fingerprint density at radius 2 is 0.742 bits per heavy atom. The molecular formula is C58H64O2S6. The molecule has 2 aliphatic rings. The molecule has 0 amide bonds. The van der Waals surface area contributed by atoms with Gasteiger partial charge in [0.1, 0.15) is 0 Å². The second kappa shape index (κ2) is 20.0. The summed E-state index contributed by atoms with van der Waals surface area (Å²) in [6.45, 7) is 9.24. The predicted molar refractivity (Wildman–Crippen MR) is 294 cm³/mol. The van der Waals surface area contributed by atoms with Crippen LogP contribution in [0.15, 0.2) is 60.7 Å². The summed E-state index contributed by atoms with van der Waals surface area (Å²) in [6.07, 6.45) is 26.4. The Kier molecular flexibility index (Phi) is 14.1. The number of unbranched alkanes of at least 4 members (excludes halogenated alkanes) is 12. The van der Waals surface area contributed by atoms with E-state index >= 15 is 0 Å². The summed E-state index contributed by atoms with van der Waals surface area (Å²) in [4.78, 5) is 32.3. The van der Waals surface area contributed by atoms with Gasteiger partial charge in [0.2, 0.25) is 0 Å². The third-order valence-electron chi connectivity index (χ3n) is 15.0. The Morgan fingerprint density at radius 3 is 1.11 bits per heavy atom. The summed E-state index contributed by atoms with van der Waals surface area (Å²) in [7, 11) is 0. The van der Waals surface area contributed by atoms with Crippen molar-refractivity contribution in [2.75, 3.05) is 0 Å². The van der Waals surface area contributed by atoms with Crippen molar-refractivity contribution in [3.05, 3.63) is 115 Å². The lowest BCUT2D eigenvalue weighted by molar-refractivity contribution is 0.111. The second-order valence-electron chi connectivity index (χ2n) is 19.3. The molecule has 0 bridgehead atoms. The molecule has 2 aromatic carbocycles. The molecule has 2 atom stereocenters. The number of carbonyl (C=O) groups is 2. The number of aryl methyl sites for hydroxylation is 2. The molecule has 0 radical (unpaired) electrons. The Bertz CT molecular complexity index is 2780. The van der Waals surface area contributed by atoms with E-state index in [1.165, 1.54) is 171 Å². The second-order valence-corrected chi connectivity index (χ2v) is 25.6. The maximum Gasteiger partial charge on any atom is 0.160 e. The standard InChI is InChI=1S/C58H64O2S6/c1-5-9-13-17-21-37-23-27-39(28-24-37)57(31-19-15-11-7-3)45-49-43(33-41(35-59)61-49)63-51(45)53-47(57)55-56(65-53)48-54(66-55)52-46(50-44(64-52)34-42(36-60)62-50)58(48,32-20-16-12-8-4)40-29-25-38(26-30-40)22-18-14-10-6-2/h23-30,33-36H,5-22,31-32H2,1-4H3. The average Bonchev–Trinajstić information content (AvgIpc) is 4.21. The van der Waals surface area contributed by atoms with Gasteiger partial charge in [0.05, 0.1) is 58.9 Å². The fourth-order valence-electron chi connectivity index (χ4n) is 11.7.